The van der Waals surface area contributed by atoms with Crippen LogP contribution in [0.3, 0.4) is 0 Å². The first kappa shape index (κ1) is 10.4. The Bertz CT molecular complexity index is 350. The van der Waals surface area contributed by atoms with Gasteiger partial charge in [-0.2, -0.15) is 0 Å². The Morgan fingerprint density at radius 1 is 1.43 bits per heavy atom. The molecule has 0 aromatic carbocycles. The molecule has 1 aliphatic rings. The quantitative estimate of drug-likeness (QED) is 0.772. The van der Waals surface area contributed by atoms with E-state index in [1.165, 1.54) is 19.3 Å². The summed E-state index contributed by atoms with van der Waals surface area (Å²) < 4.78 is 7.58. The molecule has 1 aliphatic carbocycles. The Hall–Kier alpha value is -0.0900. The summed E-state index contributed by atoms with van der Waals surface area (Å²) in [6.07, 6.45) is 4.04. The molecule has 1 aromatic rings. The van der Waals surface area contributed by atoms with Crippen molar-refractivity contribution in [2.75, 3.05) is 0 Å². The minimum atomic E-state index is 0.406. The molecule has 1 aromatic heterocycles. The molecule has 0 atom stereocenters. The van der Waals surface area contributed by atoms with E-state index in [9.17, 15) is 0 Å². The number of aromatic nitrogens is 1. The van der Waals surface area contributed by atoms with Crippen LogP contribution in [-0.2, 0) is 0 Å². The molecule has 0 amide bonds. The first-order valence-corrected chi connectivity index (χ1v) is 6.24. The molecular weight excluding hydrogens is 310 g/mol. The molecule has 4 heteroatoms. The van der Waals surface area contributed by atoms with Gasteiger partial charge in [-0.15, -0.1) is 0 Å². The summed E-state index contributed by atoms with van der Waals surface area (Å²) in [5, 5.41) is 0. The Kier molecular flexibility index (Phi) is 3.12. The van der Waals surface area contributed by atoms with Gasteiger partial charge in [-0.3, -0.25) is 0 Å². The first-order valence-electron chi connectivity index (χ1n) is 4.66. The maximum absolute atomic E-state index is 5.80. The summed E-state index contributed by atoms with van der Waals surface area (Å²) in [6.45, 7) is 1.96. The fourth-order valence-corrected chi connectivity index (χ4v) is 2.00. The van der Waals surface area contributed by atoms with Crippen molar-refractivity contribution in [3.05, 3.63) is 20.8 Å². The molecule has 0 spiro atoms. The van der Waals surface area contributed by atoms with Crippen LogP contribution in [0.2, 0.25) is 0 Å². The van der Waals surface area contributed by atoms with E-state index in [0.29, 0.717) is 6.10 Å². The van der Waals surface area contributed by atoms with Crippen LogP contribution in [0.4, 0.5) is 0 Å². The average Bonchev–Trinajstić information content (AvgIpc) is 2.06. The van der Waals surface area contributed by atoms with Crippen LogP contribution in [-0.4, -0.2) is 11.1 Å². The molecule has 0 unspecified atom stereocenters. The van der Waals surface area contributed by atoms with Gasteiger partial charge < -0.3 is 4.74 Å². The van der Waals surface area contributed by atoms with Gasteiger partial charge in [0, 0.05) is 0 Å². The molecule has 0 N–H and O–H groups in total. The minimum Gasteiger partial charge on any atom is -0.488 e. The van der Waals surface area contributed by atoms with E-state index in [4.69, 9.17) is 4.74 Å². The smallest absolute Gasteiger partial charge is 0.142 e. The van der Waals surface area contributed by atoms with Crippen molar-refractivity contribution in [3.63, 3.8) is 0 Å². The van der Waals surface area contributed by atoms with E-state index < -0.39 is 0 Å². The van der Waals surface area contributed by atoms with Crippen LogP contribution in [0.25, 0.3) is 0 Å². The van der Waals surface area contributed by atoms with E-state index in [1.807, 2.05) is 13.0 Å². The number of halogens is 2. The molecule has 1 heterocycles. The average molecular weight is 321 g/mol. The fourth-order valence-electron chi connectivity index (χ4n) is 1.32. The van der Waals surface area contributed by atoms with Crippen molar-refractivity contribution in [3.8, 4) is 5.75 Å². The number of nitrogens with zero attached hydrogens (tertiary/aromatic N) is 1. The van der Waals surface area contributed by atoms with Crippen molar-refractivity contribution in [1.82, 2.24) is 4.98 Å². The standard InChI is InChI=1S/C10H11Br2NO/c1-6-9(14-7-3-2-4-7)5-8(11)10(12)13-6/h5,7H,2-4H2,1H3. The van der Waals surface area contributed by atoms with Gasteiger partial charge in [0.2, 0.25) is 0 Å². The van der Waals surface area contributed by atoms with E-state index in [-0.39, 0.29) is 0 Å². The number of aryl methyl sites for hydroxylation is 1. The summed E-state index contributed by atoms with van der Waals surface area (Å²) in [5.74, 6) is 0.893. The Morgan fingerprint density at radius 3 is 2.71 bits per heavy atom. The molecule has 2 rings (SSSR count). The van der Waals surface area contributed by atoms with Crippen molar-refractivity contribution < 1.29 is 4.74 Å². The van der Waals surface area contributed by atoms with E-state index in [1.54, 1.807) is 0 Å². The van der Waals surface area contributed by atoms with Crippen LogP contribution >= 0.6 is 31.9 Å². The molecule has 2 nitrogen and oxygen atoms in total. The molecule has 14 heavy (non-hydrogen) atoms. The van der Waals surface area contributed by atoms with Gasteiger partial charge in [0.25, 0.3) is 0 Å². The highest BCUT2D eigenvalue weighted by Gasteiger charge is 2.20. The molecule has 0 aliphatic heterocycles. The number of ether oxygens (including phenoxy) is 1. The van der Waals surface area contributed by atoms with Gasteiger partial charge in [-0.05, 0) is 64.1 Å². The highest BCUT2D eigenvalue weighted by molar-refractivity contribution is 9.13. The summed E-state index contributed by atoms with van der Waals surface area (Å²) in [7, 11) is 0. The van der Waals surface area contributed by atoms with Crippen molar-refractivity contribution in [2.45, 2.75) is 32.3 Å². The second kappa shape index (κ2) is 4.19. The first-order chi connectivity index (χ1) is 6.66. The van der Waals surface area contributed by atoms with Gasteiger partial charge in [-0.1, -0.05) is 0 Å². The molecule has 1 saturated carbocycles. The molecule has 1 fully saturated rings. The lowest BCUT2D eigenvalue weighted by Gasteiger charge is -2.27. The summed E-state index contributed by atoms with van der Waals surface area (Å²) >= 11 is 6.78. The highest BCUT2D eigenvalue weighted by Crippen LogP contribution is 2.31. The van der Waals surface area contributed by atoms with Gasteiger partial charge in [-0.25, -0.2) is 4.98 Å². The lowest BCUT2D eigenvalue weighted by atomic mass is 9.96. The minimum absolute atomic E-state index is 0.406. The lowest BCUT2D eigenvalue weighted by Crippen LogP contribution is -2.25. The largest absolute Gasteiger partial charge is 0.488 e. The van der Waals surface area contributed by atoms with Crippen molar-refractivity contribution in [1.29, 1.82) is 0 Å². The molecule has 0 saturated heterocycles. The van der Waals surface area contributed by atoms with Crippen LogP contribution in [0, 0.1) is 6.92 Å². The Labute approximate surface area is 100 Å². The predicted octanol–water partition coefficient (Wildman–Crippen LogP) is 3.85. The third kappa shape index (κ3) is 2.11. The van der Waals surface area contributed by atoms with Gasteiger partial charge >= 0.3 is 0 Å². The van der Waals surface area contributed by atoms with Crippen molar-refractivity contribution in [2.24, 2.45) is 0 Å². The Balaban J connectivity index is 2.19. The van der Waals surface area contributed by atoms with Crippen LogP contribution in [0.1, 0.15) is 25.0 Å². The zero-order valence-electron chi connectivity index (χ0n) is 7.89. The zero-order chi connectivity index (χ0) is 10.1. The van der Waals surface area contributed by atoms with Gasteiger partial charge in [0.05, 0.1) is 16.3 Å². The van der Waals surface area contributed by atoms with Gasteiger partial charge in [0.1, 0.15) is 10.4 Å². The van der Waals surface area contributed by atoms with Crippen LogP contribution in [0.15, 0.2) is 15.1 Å². The number of pyridine rings is 1. The molecule has 76 valence electrons. The second-order valence-corrected chi connectivity index (χ2v) is 5.12. The summed E-state index contributed by atoms with van der Waals surface area (Å²) in [4.78, 5) is 4.33. The number of hydrogen-bond acceptors (Lipinski definition) is 2. The van der Waals surface area contributed by atoms with E-state index in [0.717, 1.165) is 20.5 Å². The van der Waals surface area contributed by atoms with Crippen LogP contribution in [0.5, 0.6) is 5.75 Å². The van der Waals surface area contributed by atoms with E-state index >= 15 is 0 Å². The second-order valence-electron chi connectivity index (χ2n) is 3.52. The third-order valence-corrected chi connectivity index (χ3v) is 4.16. The molecular formula is C10H11Br2NO. The zero-order valence-corrected chi connectivity index (χ0v) is 11.1. The molecule has 0 radical (unpaired) electrons. The van der Waals surface area contributed by atoms with E-state index in [2.05, 4.69) is 36.8 Å². The topological polar surface area (TPSA) is 22.1 Å². The maximum Gasteiger partial charge on any atom is 0.142 e. The summed E-state index contributed by atoms with van der Waals surface area (Å²) in [6, 6.07) is 1.98. The predicted molar refractivity (Wildman–Crippen MR) is 62.6 cm³/mol. The van der Waals surface area contributed by atoms with Crippen LogP contribution < -0.4 is 4.74 Å². The number of rotatable bonds is 2. The maximum atomic E-state index is 5.80. The Morgan fingerprint density at radius 2 is 2.14 bits per heavy atom. The van der Waals surface area contributed by atoms with Gasteiger partial charge in [0.15, 0.2) is 0 Å². The SMILES string of the molecule is Cc1nc(Br)c(Br)cc1OC1CCC1. The summed E-state index contributed by atoms with van der Waals surface area (Å²) in [5.41, 5.74) is 0.937. The monoisotopic (exact) mass is 319 g/mol. The third-order valence-electron chi connectivity index (χ3n) is 2.42. The molecule has 0 bridgehead atoms. The number of hydrogen-bond donors (Lipinski definition) is 0. The lowest BCUT2D eigenvalue weighted by molar-refractivity contribution is 0.118. The fraction of sp³-hybridized carbons (Fsp3) is 0.500. The highest BCUT2D eigenvalue weighted by atomic mass is 79.9. The van der Waals surface area contributed by atoms with Crippen molar-refractivity contribution >= 4 is 31.9 Å². The normalized spacial score (nSPS) is 16.5.